The van der Waals surface area contributed by atoms with Gasteiger partial charge in [-0.2, -0.15) is 0 Å². The van der Waals surface area contributed by atoms with Crippen LogP contribution in [0.4, 0.5) is 10.5 Å². The van der Waals surface area contributed by atoms with E-state index in [9.17, 15) is 4.79 Å². The van der Waals surface area contributed by atoms with E-state index in [1.165, 1.54) is 5.56 Å². The van der Waals surface area contributed by atoms with Crippen LogP contribution >= 0.6 is 12.2 Å². The quantitative estimate of drug-likeness (QED) is 0.581. The number of para-hydroxylation sites is 1. The summed E-state index contributed by atoms with van der Waals surface area (Å²) in [4.78, 5) is 15.1. The second-order valence-corrected chi connectivity index (χ2v) is 7.79. The Morgan fingerprint density at radius 2 is 1.50 bits per heavy atom. The van der Waals surface area contributed by atoms with Gasteiger partial charge in [-0.15, -0.1) is 0 Å². The van der Waals surface area contributed by atoms with Gasteiger partial charge in [0.2, 0.25) is 0 Å². The first-order valence-electron chi connectivity index (χ1n) is 9.77. The molecule has 2 aromatic carbocycles. The van der Waals surface area contributed by atoms with Crippen molar-refractivity contribution in [3.63, 3.8) is 0 Å². The van der Waals surface area contributed by atoms with Gasteiger partial charge < -0.3 is 15.0 Å². The Morgan fingerprint density at radius 1 is 0.964 bits per heavy atom. The molecule has 1 amide bonds. The van der Waals surface area contributed by atoms with Crippen molar-refractivity contribution in [3.8, 4) is 0 Å². The topological polar surface area (TPSA) is 41.6 Å². The molecule has 2 aromatic rings. The van der Waals surface area contributed by atoms with Crippen molar-refractivity contribution in [2.75, 3.05) is 5.32 Å². The Kier molecular flexibility index (Phi) is 8.45. The van der Waals surface area contributed by atoms with Crippen LogP contribution in [0.1, 0.15) is 39.7 Å². The molecule has 28 heavy (non-hydrogen) atoms. The van der Waals surface area contributed by atoms with Gasteiger partial charge in [-0.1, -0.05) is 60.7 Å². The smallest absolute Gasteiger partial charge is 0.410 e. The monoisotopic (exact) mass is 398 g/mol. The Balaban J connectivity index is 2.12. The Bertz CT molecular complexity index is 740. The standard InChI is InChI=1S/C23H30N2O2S/c1-17(2)25(18(3)4)23(26)27-21(16-15-19-11-7-5-8-12-19)22(28)24-20-13-9-6-10-14-20/h5-14,17-18,21H,15-16H2,1-4H3,(H,24,28)/t21-/m0/s1. The third-order valence-corrected chi connectivity index (χ3v) is 4.80. The number of rotatable bonds is 8. The molecule has 0 spiro atoms. The zero-order valence-corrected chi connectivity index (χ0v) is 17.9. The van der Waals surface area contributed by atoms with Gasteiger partial charge in [0.25, 0.3) is 0 Å². The molecule has 0 bridgehead atoms. The van der Waals surface area contributed by atoms with Crippen LogP contribution in [0.25, 0.3) is 0 Å². The van der Waals surface area contributed by atoms with Crippen molar-refractivity contribution < 1.29 is 9.53 Å². The minimum atomic E-state index is -0.497. The third kappa shape index (κ3) is 6.64. The summed E-state index contributed by atoms with van der Waals surface area (Å²) in [6.45, 7) is 7.95. The summed E-state index contributed by atoms with van der Waals surface area (Å²) in [6, 6.07) is 20.0. The van der Waals surface area contributed by atoms with Gasteiger partial charge in [0.1, 0.15) is 4.99 Å². The van der Waals surface area contributed by atoms with Crippen molar-refractivity contribution in [2.24, 2.45) is 0 Å². The highest BCUT2D eigenvalue weighted by Crippen LogP contribution is 2.16. The molecule has 0 unspecified atom stereocenters. The second-order valence-electron chi connectivity index (χ2n) is 7.35. The number of nitrogens with zero attached hydrogens (tertiary/aromatic N) is 1. The molecule has 0 saturated carbocycles. The molecule has 2 rings (SSSR count). The van der Waals surface area contributed by atoms with Crippen LogP contribution in [0, 0.1) is 0 Å². The fraction of sp³-hybridized carbons (Fsp3) is 0.391. The molecule has 0 aromatic heterocycles. The second kappa shape index (κ2) is 10.8. The highest BCUT2D eigenvalue weighted by molar-refractivity contribution is 7.80. The van der Waals surface area contributed by atoms with Crippen molar-refractivity contribution in [1.29, 1.82) is 0 Å². The summed E-state index contributed by atoms with van der Waals surface area (Å²) in [5.74, 6) is 0. The van der Waals surface area contributed by atoms with Crippen LogP contribution in [-0.2, 0) is 11.2 Å². The highest BCUT2D eigenvalue weighted by atomic mass is 32.1. The molecule has 0 heterocycles. The molecule has 1 atom stereocenters. The highest BCUT2D eigenvalue weighted by Gasteiger charge is 2.27. The van der Waals surface area contributed by atoms with E-state index in [4.69, 9.17) is 17.0 Å². The predicted octanol–water partition coefficient (Wildman–Crippen LogP) is 5.68. The molecule has 0 radical (unpaired) electrons. The van der Waals surface area contributed by atoms with E-state index in [2.05, 4.69) is 17.4 Å². The molecule has 0 fully saturated rings. The largest absolute Gasteiger partial charge is 0.439 e. The summed E-state index contributed by atoms with van der Waals surface area (Å²) >= 11 is 5.60. The molecule has 150 valence electrons. The average Bonchev–Trinajstić information content (AvgIpc) is 2.66. The lowest BCUT2D eigenvalue weighted by atomic mass is 10.1. The first kappa shape index (κ1) is 21.9. The van der Waals surface area contributed by atoms with Crippen LogP contribution in [0.5, 0.6) is 0 Å². The van der Waals surface area contributed by atoms with E-state index < -0.39 is 6.10 Å². The lowest BCUT2D eigenvalue weighted by molar-refractivity contribution is 0.0639. The summed E-state index contributed by atoms with van der Waals surface area (Å²) in [5.41, 5.74) is 2.08. The zero-order valence-electron chi connectivity index (χ0n) is 17.1. The van der Waals surface area contributed by atoms with E-state index in [0.717, 1.165) is 12.1 Å². The number of anilines is 1. The minimum Gasteiger partial charge on any atom is -0.439 e. The molecular weight excluding hydrogens is 368 g/mol. The normalized spacial score (nSPS) is 11.9. The van der Waals surface area contributed by atoms with E-state index in [-0.39, 0.29) is 18.2 Å². The summed E-state index contributed by atoms with van der Waals surface area (Å²) in [5, 5.41) is 3.22. The van der Waals surface area contributed by atoms with Gasteiger partial charge in [0, 0.05) is 17.8 Å². The number of amides is 1. The maximum Gasteiger partial charge on any atom is 0.410 e. The third-order valence-electron chi connectivity index (χ3n) is 4.44. The summed E-state index contributed by atoms with van der Waals surface area (Å²) < 4.78 is 5.87. The number of hydrogen-bond acceptors (Lipinski definition) is 3. The van der Waals surface area contributed by atoms with Gasteiger partial charge in [-0.3, -0.25) is 0 Å². The number of hydrogen-bond donors (Lipinski definition) is 1. The van der Waals surface area contributed by atoms with Gasteiger partial charge in [0.05, 0.1) is 0 Å². The number of aryl methyl sites for hydroxylation is 1. The van der Waals surface area contributed by atoms with Gasteiger partial charge in [0.15, 0.2) is 6.10 Å². The Hall–Kier alpha value is -2.40. The predicted molar refractivity (Wildman–Crippen MR) is 120 cm³/mol. The molecule has 1 N–H and O–H groups in total. The zero-order chi connectivity index (χ0) is 20.5. The van der Waals surface area contributed by atoms with E-state index >= 15 is 0 Å². The average molecular weight is 399 g/mol. The molecule has 0 saturated heterocycles. The molecule has 0 aliphatic rings. The molecule has 5 heteroatoms. The molecule has 4 nitrogen and oxygen atoms in total. The number of ether oxygens (including phenoxy) is 1. The van der Waals surface area contributed by atoms with Crippen LogP contribution in [-0.4, -0.2) is 34.2 Å². The van der Waals surface area contributed by atoms with E-state index in [0.29, 0.717) is 11.4 Å². The van der Waals surface area contributed by atoms with Crippen LogP contribution in [0.15, 0.2) is 60.7 Å². The summed E-state index contributed by atoms with van der Waals surface area (Å²) in [6.07, 6.45) is 0.570. The van der Waals surface area contributed by atoms with Gasteiger partial charge in [-0.25, -0.2) is 4.79 Å². The lowest BCUT2D eigenvalue weighted by Gasteiger charge is -2.32. The molecular formula is C23H30N2O2S. The minimum absolute atomic E-state index is 0.0536. The maximum atomic E-state index is 12.8. The van der Waals surface area contributed by atoms with Crippen molar-refractivity contribution in [2.45, 2.75) is 58.7 Å². The van der Waals surface area contributed by atoms with Gasteiger partial charge in [-0.05, 0) is 58.2 Å². The van der Waals surface area contributed by atoms with Crippen LogP contribution in [0.2, 0.25) is 0 Å². The number of nitrogens with one attached hydrogen (secondary N) is 1. The molecule has 0 aliphatic carbocycles. The van der Waals surface area contributed by atoms with Crippen LogP contribution < -0.4 is 5.32 Å². The number of benzene rings is 2. The van der Waals surface area contributed by atoms with E-state index in [1.807, 2.05) is 76.2 Å². The molecule has 0 aliphatic heterocycles. The van der Waals surface area contributed by atoms with Gasteiger partial charge >= 0.3 is 6.09 Å². The number of carbonyl (C=O) groups excluding carboxylic acids is 1. The number of carbonyl (C=O) groups is 1. The van der Waals surface area contributed by atoms with Crippen molar-refractivity contribution in [3.05, 3.63) is 66.2 Å². The Morgan fingerprint density at radius 3 is 2.04 bits per heavy atom. The van der Waals surface area contributed by atoms with Crippen molar-refractivity contribution in [1.82, 2.24) is 4.90 Å². The van der Waals surface area contributed by atoms with Crippen LogP contribution in [0.3, 0.4) is 0 Å². The van der Waals surface area contributed by atoms with Crippen molar-refractivity contribution >= 4 is 29.0 Å². The summed E-state index contributed by atoms with van der Waals surface area (Å²) in [7, 11) is 0. The van der Waals surface area contributed by atoms with E-state index in [1.54, 1.807) is 4.90 Å². The first-order chi connectivity index (χ1) is 13.4. The Labute approximate surface area is 173 Å². The number of thiocarbonyl (C=S) groups is 1. The fourth-order valence-corrected chi connectivity index (χ4v) is 3.41. The fourth-order valence-electron chi connectivity index (χ4n) is 3.13. The lowest BCUT2D eigenvalue weighted by Crippen LogP contribution is -2.45. The first-order valence-corrected chi connectivity index (χ1v) is 10.2. The maximum absolute atomic E-state index is 12.8. The SMILES string of the molecule is CC(C)N(C(=O)O[C@@H](CCc1ccccc1)C(=S)Nc1ccccc1)C(C)C.